The van der Waals surface area contributed by atoms with Crippen molar-refractivity contribution >= 4 is 0 Å². The summed E-state index contributed by atoms with van der Waals surface area (Å²) in [6, 6.07) is 1.00. The zero-order valence-corrected chi connectivity index (χ0v) is 10.8. The van der Waals surface area contributed by atoms with Crippen molar-refractivity contribution < 1.29 is 0 Å². The summed E-state index contributed by atoms with van der Waals surface area (Å²) in [5, 5.41) is 0. The second-order valence-electron chi connectivity index (χ2n) is 5.61. The Morgan fingerprint density at radius 2 is 1.80 bits per heavy atom. The number of hydrogen-bond acceptors (Lipinski definition) is 1. The summed E-state index contributed by atoms with van der Waals surface area (Å²) < 4.78 is 0. The lowest BCUT2D eigenvalue weighted by Gasteiger charge is -2.54. The van der Waals surface area contributed by atoms with Crippen LogP contribution in [0.1, 0.15) is 59.3 Å². The van der Waals surface area contributed by atoms with Gasteiger partial charge in [-0.15, -0.1) is 0 Å². The topological polar surface area (TPSA) is 3.24 Å². The Kier molecular flexibility index (Phi) is 3.39. The zero-order chi connectivity index (χ0) is 10.9. The van der Waals surface area contributed by atoms with Crippen LogP contribution in [0.25, 0.3) is 0 Å². The Balaban J connectivity index is 0.000000404. The highest BCUT2D eigenvalue weighted by Gasteiger charge is 2.48. The minimum Gasteiger partial charge on any atom is -0.300 e. The van der Waals surface area contributed by atoms with E-state index in [1.54, 1.807) is 0 Å². The summed E-state index contributed by atoms with van der Waals surface area (Å²) in [6.07, 6.45) is 9.00. The van der Waals surface area contributed by atoms with Crippen LogP contribution in [0.2, 0.25) is 0 Å². The molecule has 0 aromatic carbocycles. The van der Waals surface area contributed by atoms with E-state index in [9.17, 15) is 0 Å². The molecule has 2 saturated carbocycles. The van der Waals surface area contributed by atoms with E-state index in [0.29, 0.717) is 0 Å². The van der Waals surface area contributed by atoms with Crippen LogP contribution in [0.5, 0.6) is 0 Å². The molecule has 0 radical (unpaired) electrons. The van der Waals surface area contributed by atoms with Gasteiger partial charge in [-0.3, -0.25) is 4.90 Å². The Morgan fingerprint density at radius 3 is 2.27 bits per heavy atom. The van der Waals surface area contributed by atoms with E-state index in [-0.39, 0.29) is 0 Å². The summed E-state index contributed by atoms with van der Waals surface area (Å²) in [4.78, 5) is 2.79. The first kappa shape index (κ1) is 11.4. The lowest BCUT2D eigenvalue weighted by Crippen LogP contribution is -2.52. The van der Waals surface area contributed by atoms with Gasteiger partial charge in [0, 0.05) is 12.6 Å². The normalized spacial score (nSPS) is 40.6. The average molecular weight is 209 g/mol. The molecule has 0 aromatic rings. The molecule has 3 rings (SSSR count). The van der Waals surface area contributed by atoms with Crippen LogP contribution in [0, 0.1) is 11.3 Å². The molecule has 1 nitrogen and oxygen atoms in total. The number of likely N-dealkylation sites (tertiary alicyclic amines) is 1. The van der Waals surface area contributed by atoms with Crippen molar-refractivity contribution in [1.29, 1.82) is 0 Å². The third kappa shape index (κ3) is 2.08. The van der Waals surface area contributed by atoms with Gasteiger partial charge in [-0.1, -0.05) is 20.8 Å². The Bertz CT molecular complexity index is 209. The molecule has 0 N–H and O–H groups in total. The minimum atomic E-state index is 0.779. The summed E-state index contributed by atoms with van der Waals surface area (Å²) in [6.45, 7) is 9.32. The van der Waals surface area contributed by atoms with Gasteiger partial charge in [0.1, 0.15) is 0 Å². The first-order valence-corrected chi connectivity index (χ1v) is 7.04. The van der Waals surface area contributed by atoms with Gasteiger partial charge in [0.15, 0.2) is 0 Å². The van der Waals surface area contributed by atoms with E-state index in [1.807, 2.05) is 13.8 Å². The van der Waals surface area contributed by atoms with Crippen LogP contribution in [-0.4, -0.2) is 24.0 Å². The molecular formula is C14H27N. The van der Waals surface area contributed by atoms with Crippen molar-refractivity contribution in [1.82, 2.24) is 4.90 Å². The van der Waals surface area contributed by atoms with Crippen LogP contribution in [0.4, 0.5) is 0 Å². The molecule has 1 saturated heterocycles. The molecule has 1 heterocycles. The summed E-state index contributed by atoms with van der Waals surface area (Å²) >= 11 is 0. The van der Waals surface area contributed by atoms with Crippen molar-refractivity contribution in [3.05, 3.63) is 0 Å². The molecule has 0 bridgehead atoms. The van der Waals surface area contributed by atoms with Crippen LogP contribution in [0.15, 0.2) is 0 Å². The predicted octanol–water partition coefficient (Wildman–Crippen LogP) is 3.69. The van der Waals surface area contributed by atoms with Gasteiger partial charge in [-0.05, 0) is 56.4 Å². The molecule has 2 aliphatic carbocycles. The van der Waals surface area contributed by atoms with Crippen molar-refractivity contribution in [3.63, 3.8) is 0 Å². The maximum Gasteiger partial charge on any atom is 0.00966 e. The Morgan fingerprint density at radius 1 is 1.07 bits per heavy atom. The molecule has 15 heavy (non-hydrogen) atoms. The average Bonchev–Trinajstić information content (AvgIpc) is 3.14. The van der Waals surface area contributed by atoms with E-state index in [2.05, 4.69) is 11.8 Å². The number of hydrogen-bond donors (Lipinski definition) is 0. The molecule has 2 unspecified atom stereocenters. The lowest BCUT2D eigenvalue weighted by molar-refractivity contribution is -0.0372. The third-order valence-electron chi connectivity index (χ3n) is 4.82. The fourth-order valence-corrected chi connectivity index (χ4v) is 3.40. The first-order valence-electron chi connectivity index (χ1n) is 7.04. The Labute approximate surface area is 95.2 Å². The van der Waals surface area contributed by atoms with Crippen molar-refractivity contribution in [3.8, 4) is 0 Å². The summed E-state index contributed by atoms with van der Waals surface area (Å²) in [7, 11) is 0. The fraction of sp³-hybridized carbons (Fsp3) is 1.00. The minimum absolute atomic E-state index is 0.779. The zero-order valence-electron chi connectivity index (χ0n) is 10.8. The molecule has 0 aromatic heterocycles. The molecule has 1 aliphatic heterocycles. The number of piperidine rings is 1. The standard InChI is InChI=1S/C12H21N.C2H6/c1-10-5-7-12(10)6-2-8-13(9-12)11-3-4-11;1-2/h10-11H,2-9H2,1H3;1-2H3. The van der Waals surface area contributed by atoms with Crippen molar-refractivity contribution in [2.24, 2.45) is 11.3 Å². The second-order valence-corrected chi connectivity index (χ2v) is 5.61. The lowest BCUT2D eigenvalue weighted by atomic mass is 9.57. The van der Waals surface area contributed by atoms with E-state index < -0.39 is 0 Å². The van der Waals surface area contributed by atoms with Gasteiger partial charge in [0.2, 0.25) is 0 Å². The molecule has 3 fully saturated rings. The van der Waals surface area contributed by atoms with E-state index in [4.69, 9.17) is 0 Å². The van der Waals surface area contributed by atoms with Crippen LogP contribution in [0.3, 0.4) is 0 Å². The molecule has 1 spiro atoms. The third-order valence-corrected chi connectivity index (χ3v) is 4.82. The van der Waals surface area contributed by atoms with Gasteiger partial charge in [0.05, 0.1) is 0 Å². The van der Waals surface area contributed by atoms with Crippen LogP contribution >= 0.6 is 0 Å². The largest absolute Gasteiger partial charge is 0.300 e. The second kappa shape index (κ2) is 4.45. The smallest absolute Gasteiger partial charge is 0.00966 e. The quantitative estimate of drug-likeness (QED) is 0.636. The van der Waals surface area contributed by atoms with Crippen LogP contribution in [-0.2, 0) is 0 Å². The maximum absolute atomic E-state index is 2.79. The van der Waals surface area contributed by atoms with Gasteiger partial charge >= 0.3 is 0 Å². The highest BCUT2D eigenvalue weighted by Crippen LogP contribution is 2.53. The molecule has 2 atom stereocenters. The first-order chi connectivity index (χ1) is 7.30. The SMILES string of the molecule is CC.CC1CCC12CCCN(C1CC1)C2. The predicted molar refractivity (Wildman–Crippen MR) is 66.0 cm³/mol. The molecule has 3 aliphatic rings. The van der Waals surface area contributed by atoms with Gasteiger partial charge in [-0.2, -0.15) is 0 Å². The van der Waals surface area contributed by atoms with Gasteiger partial charge in [-0.25, -0.2) is 0 Å². The van der Waals surface area contributed by atoms with Gasteiger partial charge in [0.25, 0.3) is 0 Å². The number of nitrogens with zero attached hydrogens (tertiary/aromatic N) is 1. The highest BCUT2D eigenvalue weighted by atomic mass is 15.2. The number of rotatable bonds is 1. The summed E-state index contributed by atoms with van der Waals surface area (Å²) in [5.41, 5.74) is 0.779. The van der Waals surface area contributed by atoms with E-state index in [0.717, 1.165) is 17.4 Å². The van der Waals surface area contributed by atoms with Crippen LogP contribution < -0.4 is 0 Å². The molecular weight excluding hydrogens is 182 g/mol. The molecule has 88 valence electrons. The monoisotopic (exact) mass is 209 g/mol. The van der Waals surface area contributed by atoms with E-state index >= 15 is 0 Å². The molecule has 0 amide bonds. The summed E-state index contributed by atoms with van der Waals surface area (Å²) in [5.74, 6) is 1.02. The highest BCUT2D eigenvalue weighted by molar-refractivity contribution is 5.00. The molecule has 1 heteroatoms. The Hall–Kier alpha value is -0.0400. The van der Waals surface area contributed by atoms with E-state index in [1.165, 1.54) is 51.6 Å². The van der Waals surface area contributed by atoms with Crippen molar-refractivity contribution in [2.75, 3.05) is 13.1 Å². The fourth-order valence-electron chi connectivity index (χ4n) is 3.40. The maximum atomic E-state index is 2.79. The van der Waals surface area contributed by atoms with Crippen molar-refractivity contribution in [2.45, 2.75) is 65.3 Å². The van der Waals surface area contributed by atoms with Gasteiger partial charge < -0.3 is 0 Å².